The van der Waals surface area contributed by atoms with Crippen LogP contribution in [0.5, 0.6) is 5.75 Å². The molecular weight excluding hydrogens is 500 g/mol. The second-order valence-corrected chi connectivity index (χ2v) is 12.0. The summed E-state index contributed by atoms with van der Waals surface area (Å²) in [6, 6.07) is 20.6. The van der Waals surface area contributed by atoms with E-state index in [4.69, 9.17) is 4.74 Å². The lowest BCUT2D eigenvalue weighted by Gasteiger charge is -2.31. The summed E-state index contributed by atoms with van der Waals surface area (Å²) in [4.78, 5) is 13.4. The van der Waals surface area contributed by atoms with Gasteiger partial charge in [0.1, 0.15) is 5.75 Å². The first-order chi connectivity index (χ1) is 18.0. The lowest BCUT2D eigenvalue weighted by Crippen LogP contribution is -2.51. The number of hydrogen-bond donors (Lipinski definition) is 2. The fourth-order valence-electron chi connectivity index (χ4n) is 4.38. The summed E-state index contributed by atoms with van der Waals surface area (Å²) in [6.07, 6.45) is -0.812. The van der Waals surface area contributed by atoms with Crippen LogP contribution in [0.3, 0.4) is 0 Å². The second-order valence-electron chi connectivity index (χ2n) is 10.0. The Balaban J connectivity index is 1.90. The van der Waals surface area contributed by atoms with Crippen molar-refractivity contribution in [1.29, 1.82) is 0 Å². The molecule has 0 heterocycles. The third kappa shape index (κ3) is 7.66. The Labute approximate surface area is 226 Å². The summed E-state index contributed by atoms with van der Waals surface area (Å²) in [5, 5.41) is 14.4. The maximum Gasteiger partial charge on any atom is 0.251 e. The zero-order chi connectivity index (χ0) is 27.9. The topological polar surface area (TPSA) is 95.9 Å². The van der Waals surface area contributed by atoms with Crippen molar-refractivity contribution in [2.24, 2.45) is 5.92 Å². The number of amides is 1. The van der Waals surface area contributed by atoms with Crippen LogP contribution in [0, 0.1) is 19.8 Å². The number of aliphatic hydroxyl groups excluding tert-OH is 1. The first-order valence-corrected chi connectivity index (χ1v) is 14.2. The van der Waals surface area contributed by atoms with Gasteiger partial charge in [-0.1, -0.05) is 61.9 Å². The van der Waals surface area contributed by atoms with Crippen LogP contribution in [0.25, 0.3) is 0 Å². The Bertz CT molecular complexity index is 1310. The van der Waals surface area contributed by atoms with E-state index < -0.39 is 22.2 Å². The molecule has 0 spiro atoms. The zero-order valence-electron chi connectivity index (χ0n) is 22.7. The second kappa shape index (κ2) is 13.0. The van der Waals surface area contributed by atoms with Gasteiger partial charge in [0.25, 0.3) is 5.91 Å². The third-order valence-electron chi connectivity index (χ3n) is 6.36. The molecule has 3 aromatic carbocycles. The number of sulfonamides is 1. The molecule has 38 heavy (non-hydrogen) atoms. The van der Waals surface area contributed by atoms with Crippen molar-refractivity contribution in [1.82, 2.24) is 9.62 Å². The van der Waals surface area contributed by atoms with E-state index in [1.807, 2.05) is 70.2 Å². The third-order valence-corrected chi connectivity index (χ3v) is 8.21. The first-order valence-electron chi connectivity index (χ1n) is 12.8. The molecule has 0 aromatic heterocycles. The molecule has 0 unspecified atom stereocenters. The average molecular weight is 539 g/mol. The maximum absolute atomic E-state index is 13.6. The number of benzene rings is 3. The Kier molecular flexibility index (Phi) is 10.1. The van der Waals surface area contributed by atoms with Crippen LogP contribution in [0.2, 0.25) is 0 Å². The average Bonchev–Trinajstić information content (AvgIpc) is 2.88. The van der Waals surface area contributed by atoms with Crippen LogP contribution >= 0.6 is 0 Å². The monoisotopic (exact) mass is 538 g/mol. The van der Waals surface area contributed by atoms with Gasteiger partial charge in [-0.05, 0) is 67.6 Å². The molecule has 0 fully saturated rings. The van der Waals surface area contributed by atoms with E-state index >= 15 is 0 Å². The van der Waals surface area contributed by atoms with E-state index in [9.17, 15) is 18.3 Å². The number of rotatable bonds is 12. The highest BCUT2D eigenvalue weighted by Gasteiger charge is 2.31. The van der Waals surface area contributed by atoms with Crippen molar-refractivity contribution in [3.63, 3.8) is 0 Å². The summed E-state index contributed by atoms with van der Waals surface area (Å²) in [6.45, 7) is 7.73. The molecule has 0 saturated carbocycles. The zero-order valence-corrected chi connectivity index (χ0v) is 23.5. The van der Waals surface area contributed by atoms with E-state index in [1.54, 1.807) is 18.2 Å². The summed E-state index contributed by atoms with van der Waals surface area (Å²) >= 11 is 0. The van der Waals surface area contributed by atoms with Crippen molar-refractivity contribution in [3.8, 4) is 5.75 Å². The molecule has 0 aliphatic carbocycles. The van der Waals surface area contributed by atoms with Gasteiger partial charge in [-0.3, -0.25) is 4.79 Å². The predicted molar refractivity (Wildman–Crippen MR) is 150 cm³/mol. The van der Waals surface area contributed by atoms with Gasteiger partial charge in [0.15, 0.2) is 0 Å². The van der Waals surface area contributed by atoms with E-state index in [-0.39, 0.29) is 29.8 Å². The summed E-state index contributed by atoms with van der Waals surface area (Å²) in [7, 11) is -2.39. The summed E-state index contributed by atoms with van der Waals surface area (Å²) in [5.41, 5.74) is 3.32. The van der Waals surface area contributed by atoms with E-state index in [0.717, 1.165) is 16.7 Å². The predicted octanol–water partition coefficient (Wildman–Crippen LogP) is 4.36. The minimum Gasteiger partial charge on any atom is -0.497 e. The van der Waals surface area contributed by atoms with Gasteiger partial charge in [0.2, 0.25) is 10.0 Å². The molecule has 3 rings (SSSR count). The van der Waals surface area contributed by atoms with Crippen molar-refractivity contribution in [2.75, 3.05) is 20.2 Å². The maximum atomic E-state index is 13.6. The van der Waals surface area contributed by atoms with Gasteiger partial charge in [-0.2, -0.15) is 4.31 Å². The molecule has 1 amide bonds. The lowest BCUT2D eigenvalue weighted by atomic mass is 9.99. The quantitative estimate of drug-likeness (QED) is 0.357. The Morgan fingerprint density at radius 2 is 1.63 bits per heavy atom. The lowest BCUT2D eigenvalue weighted by molar-refractivity contribution is 0.0775. The summed E-state index contributed by atoms with van der Waals surface area (Å²) in [5.74, 6) is 0.264. The number of nitrogens with zero attached hydrogens (tertiary/aromatic N) is 1. The molecule has 0 radical (unpaired) electrons. The molecule has 3 aromatic rings. The number of carbonyl (C=O) groups is 1. The normalized spacial score (nSPS) is 13.4. The number of methoxy groups -OCH3 is 1. The Hall–Kier alpha value is -3.20. The fraction of sp³-hybridized carbons (Fsp3) is 0.367. The highest BCUT2D eigenvalue weighted by Crippen LogP contribution is 2.22. The van der Waals surface area contributed by atoms with E-state index in [1.165, 1.54) is 23.5 Å². The van der Waals surface area contributed by atoms with Crippen molar-refractivity contribution < 1.29 is 23.1 Å². The molecular formula is C30H38N2O5S. The molecule has 7 nitrogen and oxygen atoms in total. The van der Waals surface area contributed by atoms with Gasteiger partial charge >= 0.3 is 0 Å². The van der Waals surface area contributed by atoms with Crippen LogP contribution in [0.1, 0.15) is 40.9 Å². The molecule has 0 aliphatic heterocycles. The molecule has 204 valence electrons. The molecule has 8 heteroatoms. The highest BCUT2D eigenvalue weighted by molar-refractivity contribution is 7.89. The van der Waals surface area contributed by atoms with Gasteiger partial charge in [0.05, 0.1) is 24.2 Å². The molecule has 0 aliphatic rings. The number of carbonyl (C=O) groups excluding carboxylic acids is 1. The van der Waals surface area contributed by atoms with Crippen LogP contribution in [-0.2, 0) is 16.4 Å². The number of aryl methyl sites for hydroxylation is 2. The summed E-state index contributed by atoms with van der Waals surface area (Å²) < 4.78 is 33.6. The van der Waals surface area contributed by atoms with Gasteiger partial charge in [-0.25, -0.2) is 8.42 Å². The van der Waals surface area contributed by atoms with Crippen molar-refractivity contribution in [3.05, 3.63) is 95.1 Å². The first kappa shape index (κ1) is 29.4. The fourth-order valence-corrected chi connectivity index (χ4v) is 6.00. The van der Waals surface area contributed by atoms with Crippen molar-refractivity contribution in [2.45, 2.75) is 51.2 Å². The highest BCUT2D eigenvalue weighted by atomic mass is 32.2. The van der Waals surface area contributed by atoms with Gasteiger partial charge in [0, 0.05) is 18.7 Å². The van der Waals surface area contributed by atoms with Crippen LogP contribution in [-0.4, -0.2) is 56.1 Å². The van der Waals surface area contributed by atoms with E-state index in [2.05, 4.69) is 5.32 Å². The minimum atomic E-state index is -3.91. The van der Waals surface area contributed by atoms with Crippen LogP contribution in [0.4, 0.5) is 0 Å². The number of aliphatic hydroxyl groups is 1. The van der Waals surface area contributed by atoms with Crippen molar-refractivity contribution >= 4 is 15.9 Å². The van der Waals surface area contributed by atoms with Gasteiger partial charge in [-0.15, -0.1) is 0 Å². The standard InChI is InChI=1S/C30H38N2O5S/c1-21(2)19-32(38(35,36)26-14-12-25(37-5)13-15-26)20-29(33)28(18-24-9-7-6-8-10-24)31-30(34)27-16-11-22(3)17-23(27)4/h6-17,21,28-29,33H,18-20H2,1-5H3,(H,31,34)/t28-,29+/m0/s1. The number of hydrogen-bond acceptors (Lipinski definition) is 5. The van der Waals surface area contributed by atoms with Gasteiger partial charge < -0.3 is 15.2 Å². The smallest absolute Gasteiger partial charge is 0.251 e. The van der Waals surface area contributed by atoms with Crippen LogP contribution < -0.4 is 10.1 Å². The molecule has 0 saturated heterocycles. The molecule has 2 N–H and O–H groups in total. The Morgan fingerprint density at radius 1 is 0.974 bits per heavy atom. The number of ether oxygens (including phenoxy) is 1. The number of nitrogens with one attached hydrogen (secondary N) is 1. The SMILES string of the molecule is COc1ccc(S(=O)(=O)N(CC(C)C)C[C@@H](O)[C@H](Cc2ccccc2)NC(=O)c2ccc(C)cc2C)cc1. The minimum absolute atomic E-state index is 0.0209. The molecule has 0 bridgehead atoms. The molecule has 2 atom stereocenters. The van der Waals surface area contributed by atoms with Crippen LogP contribution in [0.15, 0.2) is 77.7 Å². The largest absolute Gasteiger partial charge is 0.497 e. The van der Waals surface area contributed by atoms with E-state index in [0.29, 0.717) is 17.7 Å². The Morgan fingerprint density at radius 3 is 2.21 bits per heavy atom.